The summed E-state index contributed by atoms with van der Waals surface area (Å²) in [5.74, 6) is -1.79. The van der Waals surface area contributed by atoms with Crippen molar-refractivity contribution in [2.75, 3.05) is 11.9 Å². The SMILES string of the molecule is CCCCCN(C(=O)C(CC(N)=O)NC(=O)OC(C)(C)C)C(C(=O)Nc1ccc2ccccc2c1)c1ccc(CC)cc1. The highest BCUT2D eigenvalue weighted by Gasteiger charge is 2.37. The van der Waals surface area contributed by atoms with Crippen LogP contribution in [0.4, 0.5) is 10.5 Å². The van der Waals surface area contributed by atoms with Gasteiger partial charge >= 0.3 is 6.09 Å². The van der Waals surface area contributed by atoms with Gasteiger partial charge in [0.15, 0.2) is 0 Å². The average molecular weight is 589 g/mol. The number of primary amides is 1. The zero-order chi connectivity index (χ0) is 31.6. The molecule has 0 bridgehead atoms. The number of carbonyl (C=O) groups is 4. The Bertz CT molecular complexity index is 1410. The van der Waals surface area contributed by atoms with E-state index in [4.69, 9.17) is 10.5 Å². The molecule has 0 aliphatic carbocycles. The summed E-state index contributed by atoms with van der Waals surface area (Å²) in [7, 11) is 0. The van der Waals surface area contributed by atoms with Crippen molar-refractivity contribution in [3.8, 4) is 0 Å². The Hall–Kier alpha value is -4.40. The van der Waals surface area contributed by atoms with Crippen molar-refractivity contribution in [1.29, 1.82) is 0 Å². The van der Waals surface area contributed by atoms with Crippen LogP contribution in [0.3, 0.4) is 0 Å². The molecular formula is C34H44N4O5. The van der Waals surface area contributed by atoms with Gasteiger partial charge in [0.1, 0.15) is 17.7 Å². The second-order valence-electron chi connectivity index (χ2n) is 11.7. The molecule has 0 heterocycles. The summed E-state index contributed by atoms with van der Waals surface area (Å²) in [6.45, 7) is 9.39. The number of carbonyl (C=O) groups excluding carboxylic acids is 4. The summed E-state index contributed by atoms with van der Waals surface area (Å²) in [5, 5.41) is 7.52. The van der Waals surface area contributed by atoms with Crippen LogP contribution in [0.5, 0.6) is 0 Å². The maximum atomic E-state index is 14.2. The number of amides is 4. The Morgan fingerprint density at radius 2 is 1.58 bits per heavy atom. The molecule has 0 aliphatic heterocycles. The number of hydrogen-bond donors (Lipinski definition) is 3. The molecule has 0 saturated heterocycles. The minimum absolute atomic E-state index is 0.225. The first-order chi connectivity index (χ1) is 20.4. The Labute approximate surface area is 254 Å². The molecule has 2 unspecified atom stereocenters. The van der Waals surface area contributed by atoms with Crippen LogP contribution in [-0.2, 0) is 25.5 Å². The van der Waals surface area contributed by atoms with E-state index in [1.54, 1.807) is 20.8 Å². The number of alkyl carbamates (subject to hydrolysis) is 1. The van der Waals surface area contributed by atoms with Crippen LogP contribution in [-0.4, -0.2) is 46.9 Å². The molecule has 9 heteroatoms. The summed E-state index contributed by atoms with van der Waals surface area (Å²) >= 11 is 0. The first kappa shape index (κ1) is 33.1. The van der Waals surface area contributed by atoms with E-state index in [-0.39, 0.29) is 6.54 Å². The topological polar surface area (TPSA) is 131 Å². The predicted molar refractivity (Wildman–Crippen MR) is 169 cm³/mol. The molecule has 0 saturated carbocycles. The molecule has 0 aromatic heterocycles. The van der Waals surface area contributed by atoms with Gasteiger partial charge in [-0.2, -0.15) is 0 Å². The molecule has 4 N–H and O–H groups in total. The van der Waals surface area contributed by atoms with Gasteiger partial charge in [0.25, 0.3) is 5.91 Å². The minimum Gasteiger partial charge on any atom is -0.444 e. The number of fused-ring (bicyclic) bond motifs is 1. The number of aryl methyl sites for hydroxylation is 1. The van der Waals surface area contributed by atoms with Crippen molar-refractivity contribution in [2.24, 2.45) is 5.73 Å². The maximum absolute atomic E-state index is 14.2. The highest BCUT2D eigenvalue weighted by Crippen LogP contribution is 2.27. The fraction of sp³-hybridized carbons (Fsp3) is 0.412. The van der Waals surface area contributed by atoms with Crippen LogP contribution in [0.2, 0.25) is 0 Å². The zero-order valence-corrected chi connectivity index (χ0v) is 25.8. The summed E-state index contributed by atoms with van der Waals surface area (Å²) in [6.07, 6.45) is 1.83. The van der Waals surface area contributed by atoms with Gasteiger partial charge in [0.2, 0.25) is 11.8 Å². The van der Waals surface area contributed by atoms with E-state index in [9.17, 15) is 19.2 Å². The first-order valence-electron chi connectivity index (χ1n) is 14.9. The van der Waals surface area contributed by atoms with Crippen LogP contribution >= 0.6 is 0 Å². The van der Waals surface area contributed by atoms with Gasteiger partial charge in [-0.3, -0.25) is 14.4 Å². The number of nitrogens with zero attached hydrogens (tertiary/aromatic N) is 1. The highest BCUT2D eigenvalue weighted by atomic mass is 16.6. The van der Waals surface area contributed by atoms with E-state index < -0.39 is 47.9 Å². The number of anilines is 1. The molecule has 0 spiro atoms. The molecule has 4 amide bonds. The average Bonchev–Trinajstić information content (AvgIpc) is 2.95. The van der Waals surface area contributed by atoms with Gasteiger partial charge in [-0.25, -0.2) is 4.79 Å². The lowest BCUT2D eigenvalue weighted by atomic mass is 9.99. The van der Waals surface area contributed by atoms with Gasteiger partial charge in [0.05, 0.1) is 6.42 Å². The third kappa shape index (κ3) is 9.84. The van der Waals surface area contributed by atoms with E-state index >= 15 is 0 Å². The lowest BCUT2D eigenvalue weighted by molar-refractivity contribution is -0.142. The predicted octanol–water partition coefficient (Wildman–Crippen LogP) is 5.87. The van der Waals surface area contributed by atoms with Gasteiger partial charge < -0.3 is 26.0 Å². The first-order valence-corrected chi connectivity index (χ1v) is 14.9. The molecule has 3 aromatic carbocycles. The molecule has 230 valence electrons. The number of ether oxygens (including phenoxy) is 1. The van der Waals surface area contributed by atoms with Gasteiger partial charge in [-0.05, 0) is 67.6 Å². The van der Waals surface area contributed by atoms with Crippen LogP contribution < -0.4 is 16.4 Å². The fourth-order valence-electron chi connectivity index (χ4n) is 4.84. The number of hydrogen-bond acceptors (Lipinski definition) is 5. The van der Waals surface area contributed by atoms with Crippen molar-refractivity contribution >= 4 is 40.3 Å². The van der Waals surface area contributed by atoms with E-state index in [1.165, 1.54) is 4.90 Å². The molecule has 2 atom stereocenters. The van der Waals surface area contributed by atoms with Crippen molar-refractivity contribution in [2.45, 2.75) is 84.4 Å². The van der Waals surface area contributed by atoms with Gasteiger partial charge in [-0.1, -0.05) is 81.3 Å². The minimum atomic E-state index is -1.32. The number of nitrogens with one attached hydrogen (secondary N) is 2. The summed E-state index contributed by atoms with van der Waals surface area (Å²) in [6, 6.07) is 18.6. The van der Waals surface area contributed by atoms with Crippen molar-refractivity contribution < 1.29 is 23.9 Å². The highest BCUT2D eigenvalue weighted by molar-refractivity contribution is 6.01. The van der Waals surface area contributed by atoms with E-state index in [0.717, 1.165) is 35.6 Å². The molecule has 3 rings (SSSR count). The van der Waals surface area contributed by atoms with Crippen molar-refractivity contribution in [3.63, 3.8) is 0 Å². The second kappa shape index (κ2) is 15.2. The van der Waals surface area contributed by atoms with Crippen LogP contribution in [0.15, 0.2) is 66.7 Å². The lowest BCUT2D eigenvalue weighted by Crippen LogP contribution is -2.53. The third-order valence-corrected chi connectivity index (χ3v) is 6.96. The summed E-state index contributed by atoms with van der Waals surface area (Å²) in [4.78, 5) is 54.5. The van der Waals surface area contributed by atoms with Gasteiger partial charge in [0, 0.05) is 12.2 Å². The van der Waals surface area contributed by atoms with Crippen molar-refractivity contribution in [3.05, 3.63) is 77.9 Å². The molecule has 0 fully saturated rings. The lowest BCUT2D eigenvalue weighted by Gasteiger charge is -2.34. The maximum Gasteiger partial charge on any atom is 0.408 e. The molecule has 9 nitrogen and oxygen atoms in total. The van der Waals surface area contributed by atoms with Crippen molar-refractivity contribution in [1.82, 2.24) is 10.2 Å². The summed E-state index contributed by atoms with van der Waals surface area (Å²) in [5.41, 5.74) is 6.95. The van der Waals surface area contributed by atoms with Crippen LogP contribution in [0.1, 0.15) is 77.5 Å². The number of rotatable bonds is 13. The standard InChI is InChI=1S/C34H44N4O5/c1-6-8-11-20-38(32(41)28(22-29(35)39)37-33(42)43-34(3,4)5)30(25-16-14-23(7-2)15-17-25)31(40)36-27-19-18-24-12-9-10-13-26(24)21-27/h9-10,12-19,21,28,30H,6-8,11,20,22H2,1-5H3,(H2,35,39)(H,36,40)(H,37,42). The number of unbranched alkanes of at least 4 members (excludes halogenated alkanes) is 2. The Morgan fingerprint density at radius 3 is 2.19 bits per heavy atom. The Balaban J connectivity index is 2.04. The van der Waals surface area contributed by atoms with Crippen LogP contribution in [0, 0.1) is 0 Å². The third-order valence-electron chi connectivity index (χ3n) is 6.96. The number of nitrogens with two attached hydrogens (primary N) is 1. The second-order valence-corrected chi connectivity index (χ2v) is 11.7. The molecular weight excluding hydrogens is 544 g/mol. The van der Waals surface area contributed by atoms with E-state index in [2.05, 4.69) is 10.6 Å². The Kier molecular flexibility index (Phi) is 11.7. The fourth-order valence-corrected chi connectivity index (χ4v) is 4.84. The summed E-state index contributed by atoms with van der Waals surface area (Å²) < 4.78 is 5.36. The van der Waals surface area contributed by atoms with Crippen LogP contribution in [0.25, 0.3) is 10.8 Å². The van der Waals surface area contributed by atoms with Gasteiger partial charge in [-0.15, -0.1) is 0 Å². The largest absolute Gasteiger partial charge is 0.444 e. The molecule has 0 radical (unpaired) electrons. The monoisotopic (exact) mass is 588 g/mol. The normalized spacial score (nSPS) is 12.7. The molecule has 3 aromatic rings. The zero-order valence-electron chi connectivity index (χ0n) is 25.8. The smallest absolute Gasteiger partial charge is 0.408 e. The van der Waals surface area contributed by atoms with E-state index in [0.29, 0.717) is 17.7 Å². The Morgan fingerprint density at radius 1 is 0.907 bits per heavy atom. The molecule has 43 heavy (non-hydrogen) atoms. The van der Waals surface area contributed by atoms with E-state index in [1.807, 2.05) is 80.6 Å². The quantitative estimate of drug-likeness (QED) is 0.215. The molecule has 0 aliphatic rings. The number of benzene rings is 3.